The van der Waals surface area contributed by atoms with E-state index in [4.69, 9.17) is 15.2 Å². The number of hydrogen-bond donors (Lipinski definition) is 2. The van der Waals surface area contributed by atoms with Crippen LogP contribution in [0.5, 0.6) is 0 Å². The lowest BCUT2D eigenvalue weighted by atomic mass is 9.80. The average Bonchev–Trinajstić information content (AvgIpc) is 3.28. The summed E-state index contributed by atoms with van der Waals surface area (Å²) >= 11 is 0. The van der Waals surface area contributed by atoms with Crippen molar-refractivity contribution in [3.8, 4) is 0 Å². The number of aromatic nitrogens is 2. The Balaban J connectivity index is 1.50. The summed E-state index contributed by atoms with van der Waals surface area (Å²) in [6.07, 6.45) is 0.902. The zero-order valence-corrected chi connectivity index (χ0v) is 20.0. The Labute approximate surface area is 209 Å². The van der Waals surface area contributed by atoms with Gasteiger partial charge in [-0.3, -0.25) is 14.3 Å². The maximum atomic E-state index is 12.4. The fourth-order valence-electron chi connectivity index (χ4n) is 4.86. The summed E-state index contributed by atoms with van der Waals surface area (Å²) in [5.74, 6) is 0. The highest BCUT2D eigenvalue weighted by Crippen LogP contribution is 2.41. The highest BCUT2D eigenvalue weighted by atomic mass is 16.6. The monoisotopic (exact) mass is 483 g/mol. The van der Waals surface area contributed by atoms with E-state index in [1.54, 1.807) is 6.92 Å². The van der Waals surface area contributed by atoms with Gasteiger partial charge in [-0.1, -0.05) is 91.0 Å². The van der Waals surface area contributed by atoms with E-state index in [1.165, 1.54) is 10.8 Å². The van der Waals surface area contributed by atoms with Gasteiger partial charge in [0.2, 0.25) is 0 Å². The first-order valence-corrected chi connectivity index (χ1v) is 12.0. The van der Waals surface area contributed by atoms with Crippen LogP contribution in [0, 0.1) is 6.92 Å². The number of hydrogen-bond acceptors (Lipinski definition) is 5. The van der Waals surface area contributed by atoms with Gasteiger partial charge < -0.3 is 15.2 Å². The van der Waals surface area contributed by atoms with Crippen LogP contribution in [0.4, 0.5) is 0 Å². The van der Waals surface area contributed by atoms with Gasteiger partial charge in [0.05, 0.1) is 12.7 Å². The van der Waals surface area contributed by atoms with E-state index in [2.05, 4.69) is 41.4 Å². The van der Waals surface area contributed by atoms with Gasteiger partial charge in [-0.25, -0.2) is 4.79 Å². The predicted octanol–water partition coefficient (Wildman–Crippen LogP) is 3.47. The molecule has 3 atom stereocenters. The first-order valence-electron chi connectivity index (χ1n) is 12.0. The molecule has 3 unspecified atom stereocenters. The molecule has 7 nitrogen and oxygen atoms in total. The van der Waals surface area contributed by atoms with Gasteiger partial charge in [0.25, 0.3) is 5.56 Å². The summed E-state index contributed by atoms with van der Waals surface area (Å²) < 4.78 is 14.5. The zero-order valence-electron chi connectivity index (χ0n) is 20.0. The number of nitrogens with zero attached hydrogens (tertiary/aromatic N) is 1. The Bertz CT molecular complexity index is 1320. The van der Waals surface area contributed by atoms with Gasteiger partial charge in [0, 0.05) is 24.2 Å². The molecule has 0 saturated carbocycles. The molecule has 4 aromatic rings. The van der Waals surface area contributed by atoms with Crippen molar-refractivity contribution in [3.63, 3.8) is 0 Å². The molecule has 2 heterocycles. The maximum absolute atomic E-state index is 12.4. The van der Waals surface area contributed by atoms with Gasteiger partial charge in [0.15, 0.2) is 0 Å². The highest BCUT2D eigenvalue weighted by molar-refractivity contribution is 5.47. The van der Waals surface area contributed by atoms with E-state index in [1.807, 2.05) is 54.6 Å². The number of nitrogens with one attached hydrogen (secondary N) is 1. The van der Waals surface area contributed by atoms with E-state index in [-0.39, 0.29) is 12.6 Å². The quantitative estimate of drug-likeness (QED) is 0.392. The second-order valence-electron chi connectivity index (χ2n) is 9.10. The number of aryl methyl sites for hydroxylation is 1. The summed E-state index contributed by atoms with van der Waals surface area (Å²) in [7, 11) is 0. The molecule has 0 amide bonds. The Morgan fingerprint density at radius 3 is 1.92 bits per heavy atom. The smallest absolute Gasteiger partial charge is 0.330 e. The second kappa shape index (κ2) is 10.1. The van der Waals surface area contributed by atoms with Crippen molar-refractivity contribution in [2.75, 3.05) is 6.61 Å². The van der Waals surface area contributed by atoms with Crippen molar-refractivity contribution in [3.05, 3.63) is 140 Å². The van der Waals surface area contributed by atoms with Gasteiger partial charge in [0.1, 0.15) is 11.8 Å². The SMILES string of the molecule is Cc1cn(C2CC(N)C(COC(c3ccccc3)(c3ccccc3)c3ccccc3)O2)c(=O)[nH]c1=O. The van der Waals surface area contributed by atoms with Crippen LogP contribution in [-0.2, 0) is 15.1 Å². The number of H-pyrrole nitrogens is 1. The fraction of sp³-hybridized carbons (Fsp3) is 0.241. The third-order valence-electron chi connectivity index (χ3n) is 6.74. The second-order valence-corrected chi connectivity index (χ2v) is 9.10. The topological polar surface area (TPSA) is 99.3 Å². The van der Waals surface area contributed by atoms with E-state index >= 15 is 0 Å². The summed E-state index contributed by atoms with van der Waals surface area (Å²) in [5.41, 5.74) is 8.05. The van der Waals surface area contributed by atoms with Crippen LogP contribution in [0.3, 0.4) is 0 Å². The minimum absolute atomic E-state index is 0.202. The standard InChI is InChI=1S/C29H29N3O4/c1-20-18-32(28(34)31-27(20)33)26-17-24(30)25(36-26)19-35-29(21-11-5-2-6-12-21,22-13-7-3-8-14-22)23-15-9-4-10-16-23/h2-16,18,24-26H,17,19,30H2,1H3,(H,31,33,34). The van der Waals surface area contributed by atoms with Gasteiger partial charge in [-0.2, -0.15) is 0 Å². The number of ether oxygens (including phenoxy) is 2. The minimum Gasteiger partial charge on any atom is -0.358 e. The van der Waals surface area contributed by atoms with Crippen LogP contribution in [-0.4, -0.2) is 28.3 Å². The molecule has 1 fully saturated rings. The Morgan fingerprint density at radius 1 is 0.917 bits per heavy atom. The largest absolute Gasteiger partial charge is 0.358 e. The van der Waals surface area contributed by atoms with E-state index in [0.717, 1.165) is 16.7 Å². The number of aromatic amines is 1. The molecule has 5 rings (SSSR count). The van der Waals surface area contributed by atoms with Crippen LogP contribution < -0.4 is 17.0 Å². The Kier molecular flexibility index (Phi) is 6.69. The van der Waals surface area contributed by atoms with Crippen molar-refractivity contribution >= 4 is 0 Å². The van der Waals surface area contributed by atoms with Crippen LogP contribution in [0.2, 0.25) is 0 Å². The molecule has 0 aliphatic carbocycles. The number of rotatable bonds is 7. The van der Waals surface area contributed by atoms with Crippen LogP contribution in [0.1, 0.15) is 34.9 Å². The number of benzene rings is 3. The molecule has 7 heteroatoms. The minimum atomic E-state index is -0.893. The molecular formula is C29H29N3O4. The number of nitrogens with two attached hydrogens (primary N) is 1. The normalized spacial score (nSPS) is 19.9. The summed E-state index contributed by atoms with van der Waals surface area (Å²) in [6.45, 7) is 1.85. The predicted molar refractivity (Wildman–Crippen MR) is 138 cm³/mol. The summed E-state index contributed by atoms with van der Waals surface area (Å²) in [4.78, 5) is 26.6. The Morgan fingerprint density at radius 2 is 1.42 bits per heavy atom. The Hall–Kier alpha value is -3.78. The molecule has 1 aromatic heterocycles. The molecule has 1 saturated heterocycles. The van der Waals surface area contributed by atoms with Crippen molar-refractivity contribution in [2.45, 2.75) is 37.3 Å². The molecule has 184 valence electrons. The average molecular weight is 484 g/mol. The zero-order chi connectivity index (χ0) is 25.1. The first-order chi connectivity index (χ1) is 17.5. The van der Waals surface area contributed by atoms with E-state index < -0.39 is 29.2 Å². The van der Waals surface area contributed by atoms with Crippen molar-refractivity contribution in [1.29, 1.82) is 0 Å². The fourth-order valence-corrected chi connectivity index (χ4v) is 4.86. The molecule has 36 heavy (non-hydrogen) atoms. The molecule has 0 radical (unpaired) electrons. The molecule has 3 N–H and O–H groups in total. The van der Waals surface area contributed by atoms with E-state index in [9.17, 15) is 9.59 Å². The van der Waals surface area contributed by atoms with Crippen LogP contribution >= 0.6 is 0 Å². The highest BCUT2D eigenvalue weighted by Gasteiger charge is 2.41. The molecule has 3 aromatic carbocycles. The van der Waals surface area contributed by atoms with E-state index in [0.29, 0.717) is 12.0 Å². The van der Waals surface area contributed by atoms with Crippen molar-refractivity contribution in [1.82, 2.24) is 9.55 Å². The van der Waals surface area contributed by atoms with Gasteiger partial charge in [-0.05, 0) is 23.6 Å². The van der Waals surface area contributed by atoms with Crippen LogP contribution in [0.25, 0.3) is 0 Å². The lowest BCUT2D eigenvalue weighted by molar-refractivity contribution is -0.0797. The van der Waals surface area contributed by atoms with Crippen LogP contribution in [0.15, 0.2) is 107 Å². The van der Waals surface area contributed by atoms with Gasteiger partial charge >= 0.3 is 5.69 Å². The van der Waals surface area contributed by atoms with Crippen molar-refractivity contribution in [2.24, 2.45) is 5.73 Å². The maximum Gasteiger partial charge on any atom is 0.330 e. The first kappa shape index (κ1) is 23.9. The summed E-state index contributed by atoms with van der Waals surface area (Å²) in [6, 6.07) is 29.9. The third-order valence-corrected chi connectivity index (χ3v) is 6.74. The lowest BCUT2D eigenvalue weighted by Gasteiger charge is -2.37. The van der Waals surface area contributed by atoms with Crippen molar-refractivity contribution < 1.29 is 9.47 Å². The molecular weight excluding hydrogens is 454 g/mol. The lowest BCUT2D eigenvalue weighted by Crippen LogP contribution is -2.40. The molecule has 1 aliphatic heterocycles. The molecule has 1 aliphatic rings. The molecule has 0 bridgehead atoms. The third kappa shape index (κ3) is 4.44. The molecule has 0 spiro atoms. The van der Waals surface area contributed by atoms with Gasteiger partial charge in [-0.15, -0.1) is 0 Å². The summed E-state index contributed by atoms with van der Waals surface area (Å²) in [5, 5.41) is 0.